The lowest BCUT2D eigenvalue weighted by Gasteiger charge is -2.15. The molecule has 3 rings (SSSR count). The van der Waals surface area contributed by atoms with Crippen molar-refractivity contribution in [3.63, 3.8) is 0 Å². The minimum Gasteiger partial charge on any atom is -0.355 e. The largest absolute Gasteiger partial charge is 0.355 e. The maximum Gasteiger partial charge on any atom is 0.152 e. The average molecular weight is 216 g/mol. The summed E-state index contributed by atoms with van der Waals surface area (Å²) in [4.78, 5) is 7.02. The topological polar surface area (TPSA) is 46.6 Å². The number of nitrogens with two attached hydrogens (primary N) is 1. The zero-order chi connectivity index (χ0) is 11.0. The van der Waals surface area contributed by atoms with Crippen molar-refractivity contribution in [1.82, 2.24) is 9.38 Å². The molecule has 0 amide bonds. The highest BCUT2D eigenvalue weighted by Gasteiger charge is 2.19. The SMILES string of the molecule is NCc1c(N2CCCC2)nc2ccccn12. The molecule has 1 saturated heterocycles. The Morgan fingerprint density at radius 3 is 2.81 bits per heavy atom. The number of hydrogen-bond acceptors (Lipinski definition) is 3. The van der Waals surface area contributed by atoms with Crippen LogP contribution in [0, 0.1) is 0 Å². The molecular weight excluding hydrogens is 200 g/mol. The van der Waals surface area contributed by atoms with Crippen LogP contribution in [-0.2, 0) is 6.54 Å². The minimum absolute atomic E-state index is 0.539. The first-order valence-electron chi connectivity index (χ1n) is 5.81. The standard InChI is InChI=1S/C12H16N4/c13-9-10-12(15-6-3-4-7-15)14-11-5-1-2-8-16(10)11/h1-2,5,8H,3-4,6-7,9,13H2. The van der Waals surface area contributed by atoms with Gasteiger partial charge in [-0.05, 0) is 25.0 Å². The quantitative estimate of drug-likeness (QED) is 0.825. The number of rotatable bonds is 2. The first-order chi connectivity index (χ1) is 7.90. The van der Waals surface area contributed by atoms with E-state index in [1.807, 2.05) is 24.4 Å². The summed E-state index contributed by atoms with van der Waals surface area (Å²) < 4.78 is 2.09. The Morgan fingerprint density at radius 1 is 1.25 bits per heavy atom. The molecule has 0 atom stereocenters. The molecule has 0 saturated carbocycles. The predicted molar refractivity (Wildman–Crippen MR) is 64.5 cm³/mol. The van der Waals surface area contributed by atoms with Gasteiger partial charge in [0.15, 0.2) is 5.82 Å². The van der Waals surface area contributed by atoms with E-state index in [-0.39, 0.29) is 0 Å². The Bertz CT molecular complexity index is 497. The van der Waals surface area contributed by atoms with Crippen molar-refractivity contribution in [2.75, 3.05) is 18.0 Å². The predicted octanol–water partition coefficient (Wildman–Crippen LogP) is 1.39. The van der Waals surface area contributed by atoms with Gasteiger partial charge in [-0.3, -0.25) is 0 Å². The number of fused-ring (bicyclic) bond motifs is 1. The maximum atomic E-state index is 5.84. The average Bonchev–Trinajstić information content (AvgIpc) is 2.95. The Balaban J connectivity index is 2.15. The van der Waals surface area contributed by atoms with Crippen LogP contribution < -0.4 is 10.6 Å². The molecule has 1 fully saturated rings. The Labute approximate surface area is 94.7 Å². The molecule has 0 radical (unpaired) electrons. The van der Waals surface area contributed by atoms with E-state index in [9.17, 15) is 0 Å². The second kappa shape index (κ2) is 3.79. The molecule has 0 bridgehead atoms. The van der Waals surface area contributed by atoms with Gasteiger partial charge in [0, 0.05) is 25.8 Å². The summed E-state index contributed by atoms with van der Waals surface area (Å²) in [5, 5.41) is 0. The Hall–Kier alpha value is -1.55. The summed E-state index contributed by atoms with van der Waals surface area (Å²) in [6, 6.07) is 6.05. The molecule has 2 aromatic heterocycles. The number of anilines is 1. The van der Waals surface area contributed by atoms with E-state index in [1.165, 1.54) is 12.8 Å². The van der Waals surface area contributed by atoms with Crippen molar-refractivity contribution < 1.29 is 0 Å². The van der Waals surface area contributed by atoms with Crippen molar-refractivity contribution in [3.8, 4) is 0 Å². The smallest absolute Gasteiger partial charge is 0.152 e. The normalized spacial score (nSPS) is 16.2. The second-order valence-corrected chi connectivity index (χ2v) is 4.21. The van der Waals surface area contributed by atoms with Gasteiger partial charge in [-0.15, -0.1) is 0 Å². The van der Waals surface area contributed by atoms with Crippen molar-refractivity contribution in [3.05, 3.63) is 30.1 Å². The van der Waals surface area contributed by atoms with E-state index in [4.69, 9.17) is 5.73 Å². The monoisotopic (exact) mass is 216 g/mol. The summed E-state index contributed by atoms with van der Waals surface area (Å²) >= 11 is 0. The van der Waals surface area contributed by atoms with Crippen LogP contribution in [0.5, 0.6) is 0 Å². The highest BCUT2D eigenvalue weighted by atomic mass is 15.2. The fraction of sp³-hybridized carbons (Fsp3) is 0.417. The van der Waals surface area contributed by atoms with Crippen LogP contribution in [0.4, 0.5) is 5.82 Å². The third-order valence-electron chi connectivity index (χ3n) is 3.21. The van der Waals surface area contributed by atoms with Gasteiger partial charge in [-0.1, -0.05) is 6.07 Å². The number of imidazole rings is 1. The minimum atomic E-state index is 0.539. The van der Waals surface area contributed by atoms with Crippen LogP contribution in [0.3, 0.4) is 0 Å². The van der Waals surface area contributed by atoms with E-state index in [0.29, 0.717) is 6.54 Å². The van der Waals surface area contributed by atoms with Gasteiger partial charge in [-0.25, -0.2) is 4.98 Å². The van der Waals surface area contributed by atoms with E-state index in [1.54, 1.807) is 0 Å². The van der Waals surface area contributed by atoms with E-state index < -0.39 is 0 Å². The molecular formula is C12H16N4. The molecule has 0 aromatic carbocycles. The second-order valence-electron chi connectivity index (χ2n) is 4.21. The molecule has 84 valence electrons. The maximum absolute atomic E-state index is 5.84. The van der Waals surface area contributed by atoms with Crippen molar-refractivity contribution in [1.29, 1.82) is 0 Å². The first-order valence-corrected chi connectivity index (χ1v) is 5.81. The molecule has 0 unspecified atom stereocenters. The molecule has 1 aliphatic heterocycles. The molecule has 2 N–H and O–H groups in total. The van der Waals surface area contributed by atoms with Gasteiger partial charge in [-0.2, -0.15) is 0 Å². The summed E-state index contributed by atoms with van der Waals surface area (Å²) in [6.07, 6.45) is 4.56. The van der Waals surface area contributed by atoms with Crippen LogP contribution in [0.1, 0.15) is 18.5 Å². The van der Waals surface area contributed by atoms with Gasteiger partial charge in [0.1, 0.15) is 5.65 Å². The molecule has 1 aliphatic rings. The first kappa shape index (κ1) is 9.66. The molecule has 0 spiro atoms. The highest BCUT2D eigenvalue weighted by Crippen LogP contribution is 2.24. The summed E-state index contributed by atoms with van der Waals surface area (Å²) in [5.41, 5.74) is 7.95. The molecule has 2 aromatic rings. The number of aromatic nitrogens is 2. The zero-order valence-corrected chi connectivity index (χ0v) is 9.26. The van der Waals surface area contributed by atoms with E-state index >= 15 is 0 Å². The van der Waals surface area contributed by atoms with Crippen LogP contribution >= 0.6 is 0 Å². The number of hydrogen-bond donors (Lipinski definition) is 1. The highest BCUT2D eigenvalue weighted by molar-refractivity contribution is 5.56. The molecule has 0 aliphatic carbocycles. The number of pyridine rings is 1. The third-order valence-corrected chi connectivity index (χ3v) is 3.21. The van der Waals surface area contributed by atoms with Crippen LogP contribution in [-0.4, -0.2) is 22.5 Å². The molecule has 4 nitrogen and oxygen atoms in total. The van der Waals surface area contributed by atoms with Crippen molar-refractivity contribution >= 4 is 11.5 Å². The summed E-state index contributed by atoms with van der Waals surface area (Å²) in [5.74, 6) is 1.08. The lowest BCUT2D eigenvalue weighted by molar-refractivity contribution is 0.898. The molecule has 3 heterocycles. The van der Waals surface area contributed by atoms with Crippen molar-refractivity contribution in [2.45, 2.75) is 19.4 Å². The van der Waals surface area contributed by atoms with Crippen molar-refractivity contribution in [2.24, 2.45) is 5.73 Å². The van der Waals surface area contributed by atoms with Gasteiger partial charge >= 0.3 is 0 Å². The fourth-order valence-corrected chi connectivity index (χ4v) is 2.41. The lowest BCUT2D eigenvalue weighted by Crippen LogP contribution is -2.20. The Morgan fingerprint density at radius 2 is 2.06 bits per heavy atom. The van der Waals surface area contributed by atoms with Crippen LogP contribution in [0.2, 0.25) is 0 Å². The van der Waals surface area contributed by atoms with E-state index in [2.05, 4.69) is 14.3 Å². The Kier molecular flexibility index (Phi) is 2.29. The lowest BCUT2D eigenvalue weighted by atomic mass is 10.4. The van der Waals surface area contributed by atoms with Crippen LogP contribution in [0.15, 0.2) is 24.4 Å². The summed E-state index contributed by atoms with van der Waals surface area (Å²) in [7, 11) is 0. The molecule has 4 heteroatoms. The number of nitrogens with zero attached hydrogens (tertiary/aromatic N) is 3. The van der Waals surface area contributed by atoms with E-state index in [0.717, 1.165) is 30.2 Å². The molecule has 16 heavy (non-hydrogen) atoms. The summed E-state index contributed by atoms with van der Waals surface area (Å²) in [6.45, 7) is 2.75. The van der Waals surface area contributed by atoms with Crippen LogP contribution in [0.25, 0.3) is 5.65 Å². The van der Waals surface area contributed by atoms with Gasteiger partial charge in [0.2, 0.25) is 0 Å². The van der Waals surface area contributed by atoms with Gasteiger partial charge in [0.25, 0.3) is 0 Å². The van der Waals surface area contributed by atoms with Gasteiger partial charge in [0.05, 0.1) is 5.69 Å². The fourth-order valence-electron chi connectivity index (χ4n) is 2.41. The zero-order valence-electron chi connectivity index (χ0n) is 9.26. The third kappa shape index (κ3) is 1.38. The van der Waals surface area contributed by atoms with Gasteiger partial charge < -0.3 is 15.0 Å².